The highest BCUT2D eigenvalue weighted by molar-refractivity contribution is 7.90. The van der Waals surface area contributed by atoms with Crippen molar-refractivity contribution < 1.29 is 8.42 Å². The Labute approximate surface area is 178 Å². The highest BCUT2D eigenvalue weighted by Crippen LogP contribution is 2.19. The Morgan fingerprint density at radius 3 is 2.57 bits per heavy atom. The van der Waals surface area contributed by atoms with E-state index in [9.17, 15) is 13.2 Å². The van der Waals surface area contributed by atoms with Crippen LogP contribution in [-0.4, -0.2) is 50.0 Å². The summed E-state index contributed by atoms with van der Waals surface area (Å²) >= 11 is 5.90. The molecule has 30 heavy (non-hydrogen) atoms. The van der Waals surface area contributed by atoms with Crippen molar-refractivity contribution in [2.24, 2.45) is 0 Å². The number of benzene rings is 1. The van der Waals surface area contributed by atoms with Gasteiger partial charge in [0.15, 0.2) is 0 Å². The zero-order chi connectivity index (χ0) is 21.3. The molecule has 3 aromatic heterocycles. The molecule has 0 saturated carbocycles. The molecule has 0 saturated heterocycles. The summed E-state index contributed by atoms with van der Waals surface area (Å²) in [5.74, 6) is 1.11. The van der Waals surface area contributed by atoms with Gasteiger partial charge in [0, 0.05) is 31.4 Å². The summed E-state index contributed by atoms with van der Waals surface area (Å²) in [4.78, 5) is 22.0. The predicted octanol–water partition coefficient (Wildman–Crippen LogP) is 2.27. The highest BCUT2D eigenvalue weighted by atomic mass is 35.5. The van der Waals surface area contributed by atoms with Crippen LogP contribution in [0.1, 0.15) is 12.2 Å². The van der Waals surface area contributed by atoms with E-state index in [2.05, 4.69) is 4.98 Å². The van der Waals surface area contributed by atoms with Gasteiger partial charge in [0.25, 0.3) is 0 Å². The number of hydrogen-bond donors (Lipinski definition) is 0. The lowest BCUT2D eigenvalue weighted by Crippen LogP contribution is -2.26. The van der Waals surface area contributed by atoms with Gasteiger partial charge in [-0.05, 0) is 24.6 Å². The van der Waals surface area contributed by atoms with E-state index in [1.165, 1.54) is 6.26 Å². The van der Waals surface area contributed by atoms with E-state index in [1.54, 1.807) is 27.6 Å². The summed E-state index contributed by atoms with van der Waals surface area (Å²) in [7, 11) is -3.05. The van der Waals surface area contributed by atoms with E-state index < -0.39 is 9.84 Å². The van der Waals surface area contributed by atoms with Crippen molar-refractivity contribution in [3.63, 3.8) is 0 Å². The Morgan fingerprint density at radius 2 is 1.80 bits per heavy atom. The van der Waals surface area contributed by atoms with Gasteiger partial charge in [0.05, 0.1) is 40.6 Å². The molecule has 0 bridgehead atoms. The molecule has 10 heteroatoms. The number of rotatable bonds is 8. The summed E-state index contributed by atoms with van der Waals surface area (Å²) in [6.07, 6.45) is 5.02. The lowest BCUT2D eigenvalue weighted by molar-refractivity contribution is 0.584. The number of fused-ring (bicyclic) bond motifs is 2. The Balaban J connectivity index is 1.78. The van der Waals surface area contributed by atoms with Crippen LogP contribution in [0.5, 0.6) is 0 Å². The first-order valence-electron chi connectivity index (χ1n) is 9.60. The van der Waals surface area contributed by atoms with Gasteiger partial charge in [-0.15, -0.1) is 11.6 Å². The number of aromatic nitrogens is 5. The van der Waals surface area contributed by atoms with Crippen molar-refractivity contribution >= 4 is 43.5 Å². The zero-order valence-electron chi connectivity index (χ0n) is 16.5. The number of alkyl halides is 1. The minimum Gasteiger partial charge on any atom is -0.326 e. The molecule has 0 radical (unpaired) electrons. The van der Waals surface area contributed by atoms with Crippen molar-refractivity contribution in [1.29, 1.82) is 0 Å². The molecule has 1 aromatic carbocycles. The molecule has 0 unspecified atom stereocenters. The van der Waals surface area contributed by atoms with Crippen LogP contribution in [-0.2, 0) is 29.5 Å². The Morgan fingerprint density at radius 1 is 1.00 bits per heavy atom. The minimum absolute atomic E-state index is 0.0951. The third kappa shape index (κ3) is 3.99. The summed E-state index contributed by atoms with van der Waals surface area (Å²) < 4.78 is 28.4. The van der Waals surface area contributed by atoms with Crippen molar-refractivity contribution in [2.75, 3.05) is 17.9 Å². The Bertz CT molecular complexity index is 1370. The number of sulfone groups is 1. The number of para-hydroxylation sites is 2. The first kappa shape index (κ1) is 20.6. The molecular formula is C20H22ClN5O3S. The van der Waals surface area contributed by atoms with Crippen LogP contribution in [0.3, 0.4) is 0 Å². The Kier molecular flexibility index (Phi) is 5.66. The molecule has 0 fully saturated rings. The van der Waals surface area contributed by atoms with Crippen LogP contribution in [0.25, 0.3) is 22.1 Å². The fourth-order valence-electron chi connectivity index (χ4n) is 3.74. The molecule has 4 aromatic rings. The molecule has 158 valence electrons. The van der Waals surface area contributed by atoms with Gasteiger partial charge in [-0.25, -0.2) is 18.2 Å². The third-order valence-electron chi connectivity index (χ3n) is 5.06. The topological polar surface area (TPSA) is 91.8 Å². The highest BCUT2D eigenvalue weighted by Gasteiger charge is 2.17. The maximum atomic E-state index is 13.1. The SMILES string of the molecule is CS(=O)(=O)CCCn1c(Cn2c(=O)n(CCCl)c3ccncc32)nc2ccccc21. The number of halogens is 1. The minimum atomic E-state index is -3.05. The monoisotopic (exact) mass is 447 g/mol. The Hall–Kier alpha value is -2.65. The van der Waals surface area contributed by atoms with Crippen LogP contribution in [0.15, 0.2) is 47.5 Å². The lowest BCUT2D eigenvalue weighted by atomic mass is 10.3. The van der Waals surface area contributed by atoms with E-state index in [4.69, 9.17) is 16.6 Å². The lowest BCUT2D eigenvalue weighted by Gasteiger charge is -2.10. The average molecular weight is 448 g/mol. The molecule has 0 spiro atoms. The van der Waals surface area contributed by atoms with Gasteiger partial charge in [0.1, 0.15) is 15.7 Å². The van der Waals surface area contributed by atoms with Gasteiger partial charge in [-0.2, -0.15) is 0 Å². The molecule has 0 atom stereocenters. The summed E-state index contributed by atoms with van der Waals surface area (Å²) in [6, 6.07) is 9.49. The molecule has 0 aliphatic rings. The molecule has 0 N–H and O–H groups in total. The van der Waals surface area contributed by atoms with Gasteiger partial charge in [0.2, 0.25) is 0 Å². The molecule has 0 aliphatic carbocycles. The van der Waals surface area contributed by atoms with Crippen LogP contribution < -0.4 is 5.69 Å². The molecule has 8 nitrogen and oxygen atoms in total. The smallest absolute Gasteiger partial charge is 0.326 e. The predicted molar refractivity (Wildman–Crippen MR) is 118 cm³/mol. The quantitative estimate of drug-likeness (QED) is 0.386. The van der Waals surface area contributed by atoms with Gasteiger partial charge in [-0.3, -0.25) is 14.1 Å². The summed E-state index contributed by atoms with van der Waals surface area (Å²) in [5, 5.41) is 0. The van der Waals surface area contributed by atoms with Crippen LogP contribution >= 0.6 is 11.6 Å². The number of pyridine rings is 1. The number of aryl methyl sites for hydroxylation is 2. The van der Waals surface area contributed by atoms with Crippen LogP contribution in [0.4, 0.5) is 0 Å². The fraction of sp³-hybridized carbons (Fsp3) is 0.350. The molecular weight excluding hydrogens is 426 g/mol. The summed E-state index contributed by atoms with van der Waals surface area (Å²) in [6.45, 7) is 1.15. The van der Waals surface area contributed by atoms with Crippen molar-refractivity contribution in [3.05, 3.63) is 59.0 Å². The number of imidazole rings is 2. The van der Waals surface area contributed by atoms with E-state index in [1.807, 2.05) is 28.8 Å². The standard InChI is InChI=1S/C20H22ClN5O3S/c1-30(28,29)12-4-10-24-16-6-3-2-5-15(16)23-19(24)14-26-18-13-22-9-7-17(18)25(11-8-21)20(26)27/h2-3,5-7,9,13H,4,8,10-12,14H2,1H3. The fourth-order valence-corrected chi connectivity index (χ4v) is 4.56. The van der Waals surface area contributed by atoms with Gasteiger partial charge in [-0.1, -0.05) is 12.1 Å². The second kappa shape index (κ2) is 8.23. The van der Waals surface area contributed by atoms with Crippen molar-refractivity contribution in [3.8, 4) is 0 Å². The van der Waals surface area contributed by atoms with E-state index in [-0.39, 0.29) is 18.0 Å². The third-order valence-corrected chi connectivity index (χ3v) is 6.26. The maximum Gasteiger partial charge on any atom is 0.329 e. The number of nitrogens with zero attached hydrogens (tertiary/aromatic N) is 5. The largest absolute Gasteiger partial charge is 0.329 e. The van der Waals surface area contributed by atoms with Gasteiger partial charge < -0.3 is 4.57 Å². The molecule has 0 aliphatic heterocycles. The first-order chi connectivity index (χ1) is 14.4. The average Bonchev–Trinajstić information content (AvgIpc) is 3.18. The van der Waals surface area contributed by atoms with E-state index >= 15 is 0 Å². The molecule has 3 heterocycles. The molecule has 4 rings (SSSR count). The van der Waals surface area contributed by atoms with Crippen molar-refractivity contribution in [2.45, 2.75) is 26.1 Å². The van der Waals surface area contributed by atoms with E-state index in [0.717, 1.165) is 16.6 Å². The van der Waals surface area contributed by atoms with E-state index in [0.29, 0.717) is 36.7 Å². The summed E-state index contributed by atoms with van der Waals surface area (Å²) in [5.41, 5.74) is 3.03. The van der Waals surface area contributed by atoms with Crippen LogP contribution in [0, 0.1) is 0 Å². The first-order valence-corrected chi connectivity index (χ1v) is 12.2. The normalized spacial score (nSPS) is 12.2. The van der Waals surface area contributed by atoms with Gasteiger partial charge >= 0.3 is 5.69 Å². The molecule has 0 amide bonds. The second-order valence-corrected chi connectivity index (χ2v) is 9.86. The maximum absolute atomic E-state index is 13.1. The van der Waals surface area contributed by atoms with Crippen LogP contribution in [0.2, 0.25) is 0 Å². The van der Waals surface area contributed by atoms with Crippen molar-refractivity contribution in [1.82, 2.24) is 23.7 Å². The zero-order valence-corrected chi connectivity index (χ0v) is 18.1. The second-order valence-electron chi connectivity index (χ2n) is 7.23. The number of hydrogen-bond acceptors (Lipinski definition) is 5.